The minimum absolute atomic E-state index is 0.147. The number of hydrogen-bond donors (Lipinski definition) is 4. The smallest absolute Gasteiger partial charge is 0.229 e. The minimum atomic E-state index is -3.50. The van der Waals surface area contributed by atoms with E-state index in [0.717, 1.165) is 11.1 Å². The highest BCUT2D eigenvalue weighted by Crippen LogP contribution is 2.29. The molecule has 0 saturated carbocycles. The predicted octanol–water partition coefficient (Wildman–Crippen LogP) is 1.51. The molecule has 0 aromatic heterocycles. The average Bonchev–Trinajstić information content (AvgIpc) is 2.85. The molecule has 3 aromatic rings. The quantitative estimate of drug-likeness (QED) is 0.395. The fraction of sp³-hybridized carbons (Fsp3) is 0.280. The van der Waals surface area contributed by atoms with Crippen molar-refractivity contribution >= 4 is 9.84 Å². The second kappa shape index (κ2) is 10.2. The number of benzene rings is 3. The Labute approximate surface area is 197 Å². The summed E-state index contributed by atoms with van der Waals surface area (Å²) >= 11 is 0. The van der Waals surface area contributed by atoms with Crippen LogP contribution in [0.4, 0.5) is 0 Å². The molecule has 1 aliphatic heterocycles. The first kappa shape index (κ1) is 24.3. The molecule has 34 heavy (non-hydrogen) atoms. The van der Waals surface area contributed by atoms with Gasteiger partial charge >= 0.3 is 0 Å². The van der Waals surface area contributed by atoms with Crippen molar-refractivity contribution in [2.75, 3.05) is 6.61 Å². The number of sulfone groups is 1. The largest absolute Gasteiger partial charge is 0.462 e. The Morgan fingerprint density at radius 3 is 2.18 bits per heavy atom. The molecular weight excluding hydrogens is 460 g/mol. The topological polar surface area (TPSA) is 134 Å². The highest BCUT2D eigenvalue weighted by Gasteiger charge is 2.44. The standard InChI is InChI=1S/C25H26O8S/c26-14-21-22(27)23(28)24(29)25(33-21)32-19-9-5-8-18(13-19)17-7-4-6-16(12-17)15-34(30,31)20-10-2-1-3-11-20/h1-13,21-29H,14-15H2/t21-,22+,23+,24-,25-/m1/s1. The van der Waals surface area contributed by atoms with Crippen LogP contribution in [0.25, 0.3) is 11.1 Å². The molecule has 0 bridgehead atoms. The Kier molecular flexibility index (Phi) is 7.32. The Morgan fingerprint density at radius 2 is 1.47 bits per heavy atom. The van der Waals surface area contributed by atoms with E-state index in [2.05, 4.69) is 0 Å². The lowest BCUT2D eigenvalue weighted by Gasteiger charge is -2.39. The van der Waals surface area contributed by atoms with E-state index in [1.165, 1.54) is 0 Å². The van der Waals surface area contributed by atoms with E-state index < -0.39 is 47.2 Å². The predicted molar refractivity (Wildman–Crippen MR) is 124 cm³/mol. The molecule has 1 heterocycles. The van der Waals surface area contributed by atoms with Crippen molar-refractivity contribution in [3.8, 4) is 16.9 Å². The normalized spacial score (nSPS) is 25.1. The molecule has 3 aromatic carbocycles. The number of hydrogen-bond acceptors (Lipinski definition) is 8. The molecule has 4 rings (SSSR count). The third-order valence-corrected chi connectivity index (χ3v) is 7.36. The van der Waals surface area contributed by atoms with E-state index in [1.807, 2.05) is 12.1 Å². The monoisotopic (exact) mass is 486 g/mol. The first-order valence-electron chi connectivity index (χ1n) is 10.7. The molecular formula is C25H26O8S. The molecule has 9 heteroatoms. The van der Waals surface area contributed by atoms with Crippen LogP contribution >= 0.6 is 0 Å². The molecule has 4 N–H and O–H groups in total. The third-order valence-electron chi connectivity index (χ3n) is 5.65. The van der Waals surface area contributed by atoms with Gasteiger partial charge in [-0.1, -0.05) is 54.6 Å². The van der Waals surface area contributed by atoms with Crippen molar-refractivity contribution in [1.29, 1.82) is 0 Å². The van der Waals surface area contributed by atoms with Crippen LogP contribution in [0.5, 0.6) is 5.75 Å². The first-order chi connectivity index (χ1) is 16.3. The maximum Gasteiger partial charge on any atom is 0.229 e. The first-order valence-corrected chi connectivity index (χ1v) is 12.4. The van der Waals surface area contributed by atoms with Crippen molar-refractivity contribution in [1.82, 2.24) is 0 Å². The summed E-state index contributed by atoms with van der Waals surface area (Å²) in [5.74, 6) is 0.176. The van der Waals surface area contributed by atoms with Crippen LogP contribution in [0.1, 0.15) is 5.56 Å². The van der Waals surface area contributed by atoms with Crippen molar-refractivity contribution in [2.24, 2.45) is 0 Å². The van der Waals surface area contributed by atoms with Gasteiger partial charge in [0.15, 0.2) is 9.84 Å². The highest BCUT2D eigenvalue weighted by atomic mass is 32.2. The Bertz CT molecular complexity index is 1210. The SMILES string of the molecule is O=S(=O)(Cc1cccc(-c2cccc(O[C@@H]3O[C@H](CO)[C@H](O)[C@H](O)[C@H]3O)c2)c1)c1ccccc1. The summed E-state index contributed by atoms with van der Waals surface area (Å²) in [6.07, 6.45) is -6.90. The summed E-state index contributed by atoms with van der Waals surface area (Å²) < 4.78 is 36.6. The maximum absolute atomic E-state index is 12.7. The number of ether oxygens (including phenoxy) is 2. The van der Waals surface area contributed by atoms with Gasteiger partial charge in [-0.2, -0.15) is 0 Å². The molecule has 180 valence electrons. The molecule has 0 aliphatic carbocycles. The van der Waals surface area contributed by atoms with Gasteiger partial charge in [0, 0.05) is 0 Å². The third kappa shape index (κ3) is 5.30. The fourth-order valence-corrected chi connectivity index (χ4v) is 5.18. The average molecular weight is 487 g/mol. The zero-order valence-electron chi connectivity index (χ0n) is 18.1. The molecule has 0 spiro atoms. The van der Waals surface area contributed by atoms with Crippen molar-refractivity contribution < 1.29 is 38.3 Å². The second-order valence-electron chi connectivity index (χ2n) is 8.12. The van der Waals surface area contributed by atoms with E-state index in [9.17, 15) is 28.8 Å². The van der Waals surface area contributed by atoms with Crippen molar-refractivity contribution in [2.45, 2.75) is 41.4 Å². The summed E-state index contributed by atoms with van der Waals surface area (Å²) in [6.45, 7) is -0.552. The van der Waals surface area contributed by atoms with Crippen molar-refractivity contribution in [3.63, 3.8) is 0 Å². The van der Waals surface area contributed by atoms with E-state index in [-0.39, 0.29) is 10.6 Å². The van der Waals surface area contributed by atoms with Gasteiger partial charge in [0.25, 0.3) is 0 Å². The molecule has 1 fully saturated rings. The van der Waals surface area contributed by atoms with Gasteiger partial charge in [-0.25, -0.2) is 8.42 Å². The van der Waals surface area contributed by atoms with Crippen LogP contribution in [0.2, 0.25) is 0 Å². The second-order valence-corrected chi connectivity index (χ2v) is 10.1. The molecule has 0 radical (unpaired) electrons. The number of rotatable bonds is 7. The van der Waals surface area contributed by atoms with E-state index in [1.54, 1.807) is 66.7 Å². The molecule has 1 aliphatic rings. The van der Waals surface area contributed by atoms with Gasteiger partial charge < -0.3 is 29.9 Å². The van der Waals surface area contributed by atoms with Crippen LogP contribution in [0, 0.1) is 0 Å². The zero-order valence-corrected chi connectivity index (χ0v) is 19.0. The van der Waals surface area contributed by atoms with Crippen molar-refractivity contribution in [3.05, 3.63) is 84.4 Å². The Hall–Kier alpha value is -2.79. The van der Waals surface area contributed by atoms with E-state index in [4.69, 9.17) is 9.47 Å². The Morgan fingerprint density at radius 1 is 0.794 bits per heavy atom. The van der Waals surface area contributed by atoms with Crippen LogP contribution in [-0.2, 0) is 20.3 Å². The number of aliphatic hydroxyl groups is 4. The van der Waals surface area contributed by atoms with Crippen LogP contribution in [-0.4, -0.2) is 66.2 Å². The van der Waals surface area contributed by atoms with Crippen LogP contribution in [0.15, 0.2) is 83.8 Å². The van der Waals surface area contributed by atoms with Gasteiger partial charge in [0.1, 0.15) is 30.2 Å². The maximum atomic E-state index is 12.7. The zero-order chi connectivity index (χ0) is 24.3. The van der Waals surface area contributed by atoms with E-state index in [0.29, 0.717) is 11.3 Å². The molecule has 5 atom stereocenters. The molecule has 8 nitrogen and oxygen atoms in total. The van der Waals surface area contributed by atoms with Crippen LogP contribution < -0.4 is 4.74 Å². The summed E-state index contributed by atoms with van der Waals surface area (Å²) in [5, 5.41) is 39.4. The fourth-order valence-electron chi connectivity index (χ4n) is 3.82. The van der Waals surface area contributed by atoms with Gasteiger partial charge in [-0.3, -0.25) is 0 Å². The molecule has 0 amide bonds. The van der Waals surface area contributed by atoms with Gasteiger partial charge in [-0.05, 0) is 41.0 Å². The summed E-state index contributed by atoms with van der Waals surface area (Å²) in [7, 11) is -3.50. The van der Waals surface area contributed by atoms with Crippen LogP contribution in [0.3, 0.4) is 0 Å². The highest BCUT2D eigenvalue weighted by molar-refractivity contribution is 7.90. The summed E-state index contributed by atoms with van der Waals surface area (Å²) in [4.78, 5) is 0.260. The molecule has 0 unspecified atom stereocenters. The lowest BCUT2D eigenvalue weighted by molar-refractivity contribution is -0.277. The molecule has 1 saturated heterocycles. The summed E-state index contributed by atoms with van der Waals surface area (Å²) in [6, 6.07) is 22.3. The Balaban J connectivity index is 1.53. The lowest BCUT2D eigenvalue weighted by Crippen LogP contribution is -2.60. The van der Waals surface area contributed by atoms with Gasteiger partial charge in [0.2, 0.25) is 6.29 Å². The van der Waals surface area contributed by atoms with Gasteiger partial charge in [0.05, 0.1) is 17.3 Å². The van der Waals surface area contributed by atoms with E-state index >= 15 is 0 Å². The number of aliphatic hydroxyl groups excluding tert-OH is 4. The minimum Gasteiger partial charge on any atom is -0.462 e. The lowest BCUT2D eigenvalue weighted by atomic mass is 9.99. The summed E-state index contributed by atoms with van der Waals surface area (Å²) in [5.41, 5.74) is 2.13. The van der Waals surface area contributed by atoms with Gasteiger partial charge in [-0.15, -0.1) is 0 Å².